The molecule has 0 radical (unpaired) electrons. The summed E-state index contributed by atoms with van der Waals surface area (Å²) < 4.78 is 15.5. The van der Waals surface area contributed by atoms with E-state index in [1.54, 1.807) is 25.9 Å². The molecule has 5 N–H and O–H groups in total. The van der Waals surface area contributed by atoms with E-state index in [1.165, 1.54) is 14.2 Å². The topological polar surface area (TPSA) is 176 Å². The fourth-order valence-corrected chi connectivity index (χ4v) is 5.75. The Bertz CT molecular complexity index is 1160. The molecule has 1 saturated carbocycles. The quantitative estimate of drug-likeness (QED) is 0.0883. The summed E-state index contributed by atoms with van der Waals surface area (Å²) in [7, 11) is 4.08. The number of nitrogens with zero attached hydrogens (tertiary/aromatic N) is 1. The molecule has 4 amide bonds. The Kier molecular flexibility index (Phi) is 17.7. The van der Waals surface area contributed by atoms with E-state index >= 15 is 0 Å². The van der Waals surface area contributed by atoms with Crippen molar-refractivity contribution in [3.05, 3.63) is 35.9 Å². The number of nitrogens with one attached hydrogen (secondary N) is 5. The third kappa shape index (κ3) is 14.1. The molecule has 1 aliphatic rings. The molecule has 4 atom stereocenters. The van der Waals surface area contributed by atoms with Gasteiger partial charge in [0.2, 0.25) is 5.91 Å². The number of alkyl carbamates (subject to hydrolysis) is 2. The molecule has 0 heterocycles. The average molecular weight is 677 g/mol. The van der Waals surface area contributed by atoms with Gasteiger partial charge in [0.1, 0.15) is 18.2 Å². The van der Waals surface area contributed by atoms with Crippen molar-refractivity contribution in [1.82, 2.24) is 31.7 Å². The highest BCUT2D eigenvalue weighted by Crippen LogP contribution is 2.25. The zero-order chi connectivity index (χ0) is 35.6. The van der Waals surface area contributed by atoms with Gasteiger partial charge in [-0.05, 0) is 49.6 Å². The molecule has 270 valence electrons. The van der Waals surface area contributed by atoms with Crippen molar-refractivity contribution < 1.29 is 38.2 Å². The molecule has 0 bridgehead atoms. The number of hydrazine groups is 1. The number of hydrogen-bond donors (Lipinski definition) is 5. The molecule has 0 aromatic heterocycles. The first kappa shape index (κ1) is 40.3. The smallest absolute Gasteiger partial charge is 0.407 e. The van der Waals surface area contributed by atoms with E-state index in [9.17, 15) is 24.0 Å². The molecule has 1 fully saturated rings. The van der Waals surface area contributed by atoms with Crippen LogP contribution in [0.5, 0.6) is 0 Å². The number of carbonyl (C=O) groups excluding carboxylic acids is 5. The van der Waals surface area contributed by atoms with Crippen molar-refractivity contribution in [1.29, 1.82) is 0 Å². The minimum atomic E-state index is -0.934. The van der Waals surface area contributed by atoms with E-state index in [1.807, 2.05) is 44.2 Å². The predicted octanol–water partition coefficient (Wildman–Crippen LogP) is 2.52. The normalized spacial score (nSPS) is 16.0. The molecular weight excluding hydrogens is 620 g/mol. The first-order valence-electron chi connectivity index (χ1n) is 16.8. The van der Waals surface area contributed by atoms with Gasteiger partial charge in [0.25, 0.3) is 5.91 Å². The standard InChI is InChI=1S/C34H56N6O8/c1-22(2)29(37-33(44)46-6)31(42)36-26(18-24-14-10-8-11-15-24)27(48-28(41)19-35-5)21-40(20-25-16-12-9-13-17-25)39-32(43)30(23(3)4)38-34(45)47-7/h8,10-11,14-15,22-23,25-27,29-30,35H,9,12-13,16-21H2,1-7H3,(H,36,42)(H,37,44)(H,38,45)(H,39,43)/t26-,27-,29-,30-/m0/s1. The number of ether oxygens (including phenoxy) is 3. The summed E-state index contributed by atoms with van der Waals surface area (Å²) >= 11 is 0. The van der Waals surface area contributed by atoms with Gasteiger partial charge in [-0.1, -0.05) is 77.3 Å². The zero-order valence-electron chi connectivity index (χ0n) is 29.5. The Hall–Kier alpha value is -3.91. The Balaban J connectivity index is 2.52. The van der Waals surface area contributed by atoms with Crippen LogP contribution in [0, 0.1) is 17.8 Å². The fraction of sp³-hybridized carbons (Fsp3) is 0.676. The van der Waals surface area contributed by atoms with Crippen molar-refractivity contribution >= 4 is 30.0 Å². The van der Waals surface area contributed by atoms with Crippen LogP contribution in [0.15, 0.2) is 30.3 Å². The third-order valence-corrected chi connectivity index (χ3v) is 8.37. The van der Waals surface area contributed by atoms with E-state index in [0.29, 0.717) is 6.54 Å². The number of likely N-dealkylation sites (N-methyl/N-ethyl adjacent to an activating group) is 1. The summed E-state index contributed by atoms with van der Waals surface area (Å²) in [5.74, 6) is -1.74. The van der Waals surface area contributed by atoms with Gasteiger partial charge in [0.05, 0.1) is 33.4 Å². The number of methoxy groups -OCH3 is 2. The lowest BCUT2D eigenvalue weighted by molar-refractivity contribution is -0.152. The van der Waals surface area contributed by atoms with Crippen molar-refractivity contribution in [3.8, 4) is 0 Å². The second kappa shape index (κ2) is 21.1. The minimum absolute atomic E-state index is 0.0370. The number of hydrogen-bond acceptors (Lipinski definition) is 10. The first-order chi connectivity index (χ1) is 22.9. The molecule has 1 aromatic rings. The maximum Gasteiger partial charge on any atom is 0.407 e. The molecule has 0 unspecified atom stereocenters. The van der Waals surface area contributed by atoms with Crippen LogP contribution in [-0.4, -0.2) is 100 Å². The highest BCUT2D eigenvalue weighted by atomic mass is 16.6. The summed E-state index contributed by atoms with van der Waals surface area (Å²) in [6.45, 7) is 7.65. The van der Waals surface area contributed by atoms with Crippen LogP contribution in [-0.2, 0) is 35.0 Å². The van der Waals surface area contributed by atoms with Crippen molar-refractivity contribution in [2.75, 3.05) is 40.9 Å². The molecule has 14 nitrogen and oxygen atoms in total. The van der Waals surface area contributed by atoms with Gasteiger partial charge in [-0.15, -0.1) is 0 Å². The summed E-state index contributed by atoms with van der Waals surface area (Å²) in [6.07, 6.45) is 3.12. The number of esters is 1. The summed E-state index contributed by atoms with van der Waals surface area (Å²) in [6, 6.07) is 6.86. The third-order valence-electron chi connectivity index (χ3n) is 8.37. The SMILES string of the molecule is CNCC(=O)O[C@@H](CN(CC1CCCCC1)NC(=O)[C@@H](NC(=O)OC)C(C)C)[C@H](Cc1ccccc1)NC(=O)[C@@H](NC(=O)OC)C(C)C. The average Bonchev–Trinajstić information content (AvgIpc) is 3.05. The number of amides is 4. The predicted molar refractivity (Wildman–Crippen MR) is 181 cm³/mol. The van der Waals surface area contributed by atoms with E-state index < -0.39 is 54.2 Å². The van der Waals surface area contributed by atoms with Crippen molar-refractivity contribution in [2.24, 2.45) is 17.8 Å². The number of rotatable bonds is 18. The van der Waals surface area contributed by atoms with Crippen LogP contribution in [0.1, 0.15) is 65.4 Å². The molecule has 2 rings (SSSR count). The molecule has 0 saturated heterocycles. The maximum absolute atomic E-state index is 13.8. The van der Waals surface area contributed by atoms with Gasteiger partial charge in [-0.3, -0.25) is 19.8 Å². The maximum atomic E-state index is 13.8. The van der Waals surface area contributed by atoms with Crippen molar-refractivity contribution in [3.63, 3.8) is 0 Å². The van der Waals surface area contributed by atoms with E-state index in [4.69, 9.17) is 14.2 Å². The highest BCUT2D eigenvalue weighted by molar-refractivity contribution is 5.86. The number of benzene rings is 1. The van der Waals surface area contributed by atoms with Gasteiger partial charge >= 0.3 is 18.2 Å². The second-order valence-corrected chi connectivity index (χ2v) is 13.0. The molecule has 14 heteroatoms. The second-order valence-electron chi connectivity index (χ2n) is 13.0. The van der Waals surface area contributed by atoms with Gasteiger partial charge in [0.15, 0.2) is 0 Å². The van der Waals surface area contributed by atoms with Crippen LogP contribution in [0.4, 0.5) is 9.59 Å². The van der Waals surface area contributed by atoms with Crippen LogP contribution < -0.4 is 26.7 Å². The Morgan fingerprint density at radius 3 is 1.90 bits per heavy atom. The van der Waals surface area contributed by atoms with Crippen LogP contribution in [0.2, 0.25) is 0 Å². The van der Waals surface area contributed by atoms with E-state index in [2.05, 4.69) is 26.7 Å². The number of carbonyl (C=O) groups is 5. The highest BCUT2D eigenvalue weighted by Gasteiger charge is 2.35. The molecule has 0 aliphatic heterocycles. The van der Waals surface area contributed by atoms with Gasteiger partial charge in [0, 0.05) is 6.54 Å². The van der Waals surface area contributed by atoms with Crippen molar-refractivity contribution in [2.45, 2.75) is 90.4 Å². The Labute approximate surface area is 284 Å². The molecule has 0 spiro atoms. The molecule has 48 heavy (non-hydrogen) atoms. The van der Waals surface area contributed by atoms with E-state index in [-0.39, 0.29) is 37.3 Å². The van der Waals surface area contributed by atoms with Gasteiger partial charge in [-0.25, -0.2) is 14.6 Å². The Morgan fingerprint density at radius 1 is 0.812 bits per heavy atom. The first-order valence-corrected chi connectivity index (χ1v) is 16.8. The lowest BCUT2D eigenvalue weighted by Gasteiger charge is -2.36. The van der Waals surface area contributed by atoms with Crippen LogP contribution in [0.3, 0.4) is 0 Å². The lowest BCUT2D eigenvalue weighted by Crippen LogP contribution is -2.60. The summed E-state index contributed by atoms with van der Waals surface area (Å²) in [4.78, 5) is 64.7. The molecule has 1 aliphatic carbocycles. The van der Waals surface area contributed by atoms with Crippen LogP contribution in [0.25, 0.3) is 0 Å². The van der Waals surface area contributed by atoms with Gasteiger partial charge in [-0.2, -0.15) is 0 Å². The largest absolute Gasteiger partial charge is 0.458 e. The molecule has 1 aromatic carbocycles. The zero-order valence-corrected chi connectivity index (χ0v) is 29.5. The lowest BCUT2D eigenvalue weighted by atomic mass is 9.89. The van der Waals surface area contributed by atoms with Gasteiger partial charge < -0.3 is 35.5 Å². The monoisotopic (exact) mass is 676 g/mol. The van der Waals surface area contributed by atoms with E-state index in [0.717, 1.165) is 37.7 Å². The minimum Gasteiger partial charge on any atom is -0.458 e. The molecular formula is C34H56N6O8. The fourth-order valence-electron chi connectivity index (χ4n) is 5.75. The summed E-state index contributed by atoms with van der Waals surface area (Å²) in [5, 5.41) is 12.8. The summed E-state index contributed by atoms with van der Waals surface area (Å²) in [5.41, 5.74) is 3.87. The Morgan fingerprint density at radius 2 is 1.38 bits per heavy atom. The van der Waals surface area contributed by atoms with Crippen LogP contribution >= 0.6 is 0 Å².